The summed E-state index contributed by atoms with van der Waals surface area (Å²) in [5, 5.41) is 3.80. The highest BCUT2D eigenvalue weighted by Gasteiger charge is 2.49. The van der Waals surface area contributed by atoms with E-state index in [-0.39, 0.29) is 12.0 Å². The van der Waals surface area contributed by atoms with Crippen molar-refractivity contribution in [2.75, 3.05) is 19.7 Å². The molecule has 3 rings (SSSR count). The standard InChI is InChI=1S/C8H13N3O2/c1-2-8(13-3-1)4-11(5-8)7-10-9-6-12-7/h6-7,10H,1-5H2. The van der Waals surface area contributed by atoms with Crippen molar-refractivity contribution < 1.29 is 9.47 Å². The molecule has 0 aromatic carbocycles. The number of ether oxygens (including phenoxy) is 2. The number of hydrogen-bond donors (Lipinski definition) is 1. The van der Waals surface area contributed by atoms with Gasteiger partial charge in [0, 0.05) is 19.7 Å². The molecule has 0 aromatic rings. The first-order valence-electron chi connectivity index (χ1n) is 4.69. The van der Waals surface area contributed by atoms with Gasteiger partial charge in [-0.2, -0.15) is 0 Å². The van der Waals surface area contributed by atoms with E-state index in [1.807, 2.05) is 0 Å². The Morgan fingerprint density at radius 2 is 2.46 bits per heavy atom. The highest BCUT2D eigenvalue weighted by Crippen LogP contribution is 2.35. The largest absolute Gasteiger partial charge is 0.444 e. The lowest BCUT2D eigenvalue weighted by atomic mass is 9.91. The van der Waals surface area contributed by atoms with Gasteiger partial charge in [-0.3, -0.25) is 5.43 Å². The predicted molar refractivity (Wildman–Crippen MR) is 46.0 cm³/mol. The second-order valence-corrected chi connectivity index (χ2v) is 3.89. The minimum Gasteiger partial charge on any atom is -0.444 e. The van der Waals surface area contributed by atoms with Crippen LogP contribution in [0.4, 0.5) is 0 Å². The van der Waals surface area contributed by atoms with E-state index < -0.39 is 0 Å². The summed E-state index contributed by atoms with van der Waals surface area (Å²) < 4.78 is 10.9. The van der Waals surface area contributed by atoms with Crippen LogP contribution < -0.4 is 5.43 Å². The van der Waals surface area contributed by atoms with Crippen molar-refractivity contribution in [3.8, 4) is 0 Å². The fourth-order valence-corrected chi connectivity index (χ4v) is 2.24. The lowest BCUT2D eigenvalue weighted by Gasteiger charge is -2.48. The molecule has 13 heavy (non-hydrogen) atoms. The summed E-state index contributed by atoms with van der Waals surface area (Å²) in [7, 11) is 0. The summed E-state index contributed by atoms with van der Waals surface area (Å²) in [5.41, 5.74) is 3.03. The van der Waals surface area contributed by atoms with Crippen LogP contribution in [0.15, 0.2) is 5.10 Å². The molecule has 0 aromatic heterocycles. The molecule has 0 amide bonds. The van der Waals surface area contributed by atoms with Crippen LogP contribution in [0.5, 0.6) is 0 Å². The normalized spacial score (nSPS) is 35.8. The third-order valence-electron chi connectivity index (χ3n) is 2.93. The molecule has 0 bridgehead atoms. The maximum atomic E-state index is 5.70. The fourth-order valence-electron chi connectivity index (χ4n) is 2.24. The third-order valence-corrected chi connectivity index (χ3v) is 2.93. The van der Waals surface area contributed by atoms with Gasteiger partial charge in [-0.25, -0.2) is 4.90 Å². The Labute approximate surface area is 76.7 Å². The molecule has 1 atom stereocenters. The summed E-state index contributed by atoms with van der Waals surface area (Å²) in [6.07, 6.45) is 3.78. The van der Waals surface area contributed by atoms with Crippen LogP contribution in [0.25, 0.3) is 0 Å². The Balaban J connectivity index is 1.56. The van der Waals surface area contributed by atoms with Gasteiger partial charge in [-0.05, 0) is 12.8 Å². The van der Waals surface area contributed by atoms with Crippen LogP contribution in [-0.2, 0) is 9.47 Å². The van der Waals surface area contributed by atoms with E-state index in [1.165, 1.54) is 19.2 Å². The van der Waals surface area contributed by atoms with Gasteiger partial charge in [0.2, 0.25) is 6.35 Å². The van der Waals surface area contributed by atoms with Gasteiger partial charge < -0.3 is 9.47 Å². The highest BCUT2D eigenvalue weighted by molar-refractivity contribution is 5.47. The second kappa shape index (κ2) is 2.59. The predicted octanol–water partition coefficient (Wildman–Crippen LogP) is -0.302. The lowest BCUT2D eigenvalue weighted by Crippen LogP contribution is -2.66. The SMILES string of the molecule is C1=NNC(N2CC3(CCCO3)C2)O1. The van der Waals surface area contributed by atoms with Gasteiger partial charge >= 0.3 is 0 Å². The van der Waals surface area contributed by atoms with Gasteiger partial charge in [0.05, 0.1) is 5.60 Å². The molecule has 5 nitrogen and oxygen atoms in total. The Morgan fingerprint density at radius 3 is 3.08 bits per heavy atom. The van der Waals surface area contributed by atoms with E-state index >= 15 is 0 Å². The quantitative estimate of drug-likeness (QED) is 0.606. The molecule has 1 spiro atoms. The third kappa shape index (κ3) is 1.11. The van der Waals surface area contributed by atoms with Gasteiger partial charge in [0.15, 0.2) is 6.40 Å². The van der Waals surface area contributed by atoms with Crippen LogP contribution in [0, 0.1) is 0 Å². The molecule has 2 saturated heterocycles. The maximum absolute atomic E-state index is 5.70. The molecular formula is C8H13N3O2. The Hall–Kier alpha value is -0.810. The maximum Gasteiger partial charge on any atom is 0.246 e. The van der Waals surface area contributed by atoms with E-state index in [9.17, 15) is 0 Å². The zero-order chi connectivity index (χ0) is 8.73. The zero-order valence-electron chi connectivity index (χ0n) is 7.40. The molecule has 3 heterocycles. The number of nitrogens with zero attached hydrogens (tertiary/aromatic N) is 2. The molecule has 0 aliphatic carbocycles. The van der Waals surface area contributed by atoms with Crippen molar-refractivity contribution in [1.29, 1.82) is 0 Å². The molecular weight excluding hydrogens is 170 g/mol. The van der Waals surface area contributed by atoms with Gasteiger partial charge in [0.1, 0.15) is 0 Å². The van der Waals surface area contributed by atoms with Crippen molar-refractivity contribution in [2.45, 2.75) is 24.8 Å². The van der Waals surface area contributed by atoms with Crippen LogP contribution in [0.1, 0.15) is 12.8 Å². The molecule has 2 fully saturated rings. The Kier molecular flexibility index (Phi) is 1.51. The van der Waals surface area contributed by atoms with Crippen LogP contribution in [-0.4, -0.2) is 42.9 Å². The number of likely N-dealkylation sites (tertiary alicyclic amines) is 1. The lowest BCUT2D eigenvalue weighted by molar-refractivity contribution is -0.163. The molecule has 72 valence electrons. The minimum absolute atomic E-state index is 0.0603. The molecule has 3 aliphatic rings. The average Bonchev–Trinajstić information content (AvgIpc) is 2.72. The number of hydrogen-bond acceptors (Lipinski definition) is 5. The van der Waals surface area contributed by atoms with Gasteiger partial charge in [-0.15, -0.1) is 5.10 Å². The Bertz CT molecular complexity index is 222. The minimum atomic E-state index is -0.0603. The van der Waals surface area contributed by atoms with E-state index in [0.29, 0.717) is 0 Å². The summed E-state index contributed by atoms with van der Waals surface area (Å²) in [5.74, 6) is 0. The number of rotatable bonds is 1. The molecule has 1 unspecified atom stereocenters. The zero-order valence-corrected chi connectivity index (χ0v) is 7.40. The van der Waals surface area contributed by atoms with Crippen LogP contribution >= 0.6 is 0 Å². The van der Waals surface area contributed by atoms with Crippen molar-refractivity contribution >= 4 is 6.40 Å². The summed E-state index contributed by atoms with van der Waals surface area (Å²) in [4.78, 5) is 2.19. The van der Waals surface area contributed by atoms with Crippen molar-refractivity contribution in [3.63, 3.8) is 0 Å². The number of hydrazone groups is 1. The second-order valence-electron chi connectivity index (χ2n) is 3.89. The molecule has 5 heteroatoms. The fraction of sp³-hybridized carbons (Fsp3) is 0.875. The average molecular weight is 183 g/mol. The topological polar surface area (TPSA) is 46.1 Å². The van der Waals surface area contributed by atoms with E-state index in [1.54, 1.807) is 0 Å². The van der Waals surface area contributed by atoms with Crippen molar-refractivity contribution in [1.82, 2.24) is 10.3 Å². The first kappa shape index (κ1) is 7.58. The molecule has 3 aliphatic heterocycles. The monoisotopic (exact) mass is 183 g/mol. The summed E-state index contributed by atoms with van der Waals surface area (Å²) >= 11 is 0. The van der Waals surface area contributed by atoms with Crippen LogP contribution in [0.2, 0.25) is 0 Å². The van der Waals surface area contributed by atoms with Crippen LogP contribution in [0.3, 0.4) is 0 Å². The summed E-state index contributed by atoms with van der Waals surface area (Å²) in [6.45, 7) is 2.85. The first-order chi connectivity index (χ1) is 6.38. The van der Waals surface area contributed by atoms with Gasteiger partial charge in [-0.1, -0.05) is 0 Å². The van der Waals surface area contributed by atoms with E-state index in [0.717, 1.165) is 19.7 Å². The van der Waals surface area contributed by atoms with E-state index in [4.69, 9.17) is 9.47 Å². The van der Waals surface area contributed by atoms with Crippen molar-refractivity contribution in [2.24, 2.45) is 5.10 Å². The number of nitrogens with one attached hydrogen (secondary N) is 1. The smallest absolute Gasteiger partial charge is 0.246 e. The molecule has 0 saturated carbocycles. The Morgan fingerprint density at radius 1 is 1.54 bits per heavy atom. The highest BCUT2D eigenvalue weighted by atomic mass is 16.5. The molecule has 0 radical (unpaired) electrons. The molecule has 1 N–H and O–H groups in total. The van der Waals surface area contributed by atoms with E-state index in [2.05, 4.69) is 15.4 Å². The van der Waals surface area contributed by atoms with Gasteiger partial charge in [0.25, 0.3) is 0 Å². The first-order valence-corrected chi connectivity index (χ1v) is 4.69. The summed E-state index contributed by atoms with van der Waals surface area (Å²) in [6, 6.07) is 0. The van der Waals surface area contributed by atoms with Crippen molar-refractivity contribution in [3.05, 3.63) is 0 Å².